The third-order valence-electron chi connectivity index (χ3n) is 2.38. The van der Waals surface area contributed by atoms with E-state index in [-0.39, 0.29) is 6.04 Å². The van der Waals surface area contributed by atoms with Crippen molar-refractivity contribution in [2.75, 3.05) is 13.2 Å². The molecule has 1 unspecified atom stereocenters. The number of halogens is 1. The maximum Gasteiger partial charge on any atom is 0.0611 e. The predicted molar refractivity (Wildman–Crippen MR) is 64.5 cm³/mol. The summed E-state index contributed by atoms with van der Waals surface area (Å²) in [7, 11) is 0. The lowest BCUT2D eigenvalue weighted by Crippen LogP contribution is -2.30. The largest absolute Gasteiger partial charge is 0.379 e. The first-order valence-corrected chi connectivity index (χ1v) is 6.22. The van der Waals surface area contributed by atoms with Gasteiger partial charge in [0, 0.05) is 10.9 Å². The van der Waals surface area contributed by atoms with E-state index in [0.717, 1.165) is 28.7 Å². The Morgan fingerprint density at radius 1 is 1.53 bits per heavy atom. The molecule has 2 nitrogen and oxygen atoms in total. The second kappa shape index (κ2) is 4.74. The molecule has 0 amide bonds. The van der Waals surface area contributed by atoms with Crippen LogP contribution in [-0.2, 0) is 4.74 Å². The number of hydrogen-bond donors (Lipinski definition) is 1. The van der Waals surface area contributed by atoms with Crippen LogP contribution in [-0.4, -0.2) is 18.5 Å². The molecule has 1 heterocycles. The van der Waals surface area contributed by atoms with E-state index in [4.69, 9.17) is 22.1 Å². The van der Waals surface area contributed by atoms with Crippen molar-refractivity contribution in [3.63, 3.8) is 0 Å². The van der Waals surface area contributed by atoms with Crippen molar-refractivity contribution < 1.29 is 4.74 Å². The summed E-state index contributed by atoms with van der Waals surface area (Å²) in [6.07, 6.45) is 0. The molecule has 0 radical (unpaired) electrons. The summed E-state index contributed by atoms with van der Waals surface area (Å²) in [6, 6.07) is 6.07. The molecule has 1 saturated heterocycles. The van der Waals surface area contributed by atoms with E-state index in [0.29, 0.717) is 5.25 Å². The van der Waals surface area contributed by atoms with Crippen LogP contribution in [0.5, 0.6) is 0 Å². The van der Waals surface area contributed by atoms with Gasteiger partial charge >= 0.3 is 0 Å². The van der Waals surface area contributed by atoms with Crippen molar-refractivity contribution in [2.24, 2.45) is 5.73 Å². The van der Waals surface area contributed by atoms with Gasteiger partial charge in [-0.05, 0) is 24.6 Å². The van der Waals surface area contributed by atoms with E-state index in [9.17, 15) is 0 Å². The molecule has 0 saturated carbocycles. The molecule has 1 fully saturated rings. The fourth-order valence-corrected chi connectivity index (χ4v) is 2.69. The van der Waals surface area contributed by atoms with Gasteiger partial charge in [0.05, 0.1) is 23.5 Å². The van der Waals surface area contributed by atoms with Crippen molar-refractivity contribution in [1.82, 2.24) is 0 Å². The molecule has 0 aliphatic carbocycles. The van der Waals surface area contributed by atoms with Crippen LogP contribution in [0.4, 0.5) is 0 Å². The van der Waals surface area contributed by atoms with Crippen LogP contribution < -0.4 is 5.73 Å². The first kappa shape index (κ1) is 11.3. The molecule has 2 N–H and O–H groups in total. The lowest BCUT2D eigenvalue weighted by molar-refractivity contribution is 0.0455. The summed E-state index contributed by atoms with van der Waals surface area (Å²) in [6.45, 7) is 3.62. The molecular weight excluding hydrogens is 230 g/mol. The highest BCUT2D eigenvalue weighted by atomic mass is 35.5. The van der Waals surface area contributed by atoms with Gasteiger partial charge in [0.2, 0.25) is 0 Å². The van der Waals surface area contributed by atoms with Crippen LogP contribution in [0.15, 0.2) is 23.1 Å². The number of thioether (sulfide) groups is 1. The van der Waals surface area contributed by atoms with Crippen LogP contribution in [0.25, 0.3) is 0 Å². The summed E-state index contributed by atoms with van der Waals surface area (Å²) in [4.78, 5) is 1.12. The number of benzene rings is 1. The summed E-state index contributed by atoms with van der Waals surface area (Å²) < 4.78 is 5.12. The molecule has 82 valence electrons. The Kier molecular flexibility index (Phi) is 3.57. The normalized spacial score (nSPS) is 18.6. The topological polar surface area (TPSA) is 35.2 Å². The predicted octanol–water partition coefficient (Wildman–Crippen LogP) is 2.85. The van der Waals surface area contributed by atoms with Gasteiger partial charge < -0.3 is 10.5 Å². The van der Waals surface area contributed by atoms with E-state index >= 15 is 0 Å². The Balaban J connectivity index is 2.11. The zero-order valence-corrected chi connectivity index (χ0v) is 10.1. The Labute approximate surface area is 99.1 Å². The zero-order valence-electron chi connectivity index (χ0n) is 8.57. The summed E-state index contributed by atoms with van der Waals surface area (Å²) in [5, 5.41) is 1.35. The van der Waals surface area contributed by atoms with Crippen molar-refractivity contribution in [1.29, 1.82) is 0 Å². The molecule has 0 bridgehead atoms. The van der Waals surface area contributed by atoms with Crippen molar-refractivity contribution in [3.05, 3.63) is 28.8 Å². The van der Waals surface area contributed by atoms with Crippen molar-refractivity contribution >= 4 is 23.4 Å². The highest BCUT2D eigenvalue weighted by Gasteiger charge is 2.20. The molecule has 1 aromatic rings. The first-order valence-electron chi connectivity index (χ1n) is 4.96. The third-order valence-corrected chi connectivity index (χ3v) is 4.02. The number of rotatable bonds is 3. The van der Waals surface area contributed by atoms with E-state index in [1.807, 2.05) is 25.1 Å². The summed E-state index contributed by atoms with van der Waals surface area (Å²) >= 11 is 7.96. The Hall–Kier alpha value is -0.220. The third kappa shape index (κ3) is 2.67. The minimum absolute atomic E-state index is 0.0357. The fourth-order valence-electron chi connectivity index (χ4n) is 1.36. The average molecular weight is 244 g/mol. The van der Waals surface area contributed by atoms with Gasteiger partial charge in [-0.25, -0.2) is 0 Å². The minimum Gasteiger partial charge on any atom is -0.379 e. The van der Waals surface area contributed by atoms with Gasteiger partial charge in [-0.3, -0.25) is 0 Å². The van der Waals surface area contributed by atoms with Crippen molar-refractivity contribution in [3.8, 4) is 0 Å². The fraction of sp³-hybridized carbons (Fsp3) is 0.455. The number of nitrogens with two attached hydrogens (primary N) is 1. The lowest BCUT2D eigenvalue weighted by Gasteiger charge is -2.25. The van der Waals surface area contributed by atoms with E-state index < -0.39 is 0 Å². The molecule has 1 aliphatic rings. The summed E-state index contributed by atoms with van der Waals surface area (Å²) in [5.41, 5.74) is 6.86. The van der Waals surface area contributed by atoms with Crippen LogP contribution in [0, 0.1) is 0 Å². The van der Waals surface area contributed by atoms with Crippen LogP contribution in [0.2, 0.25) is 5.02 Å². The Morgan fingerprint density at radius 2 is 2.27 bits per heavy atom. The van der Waals surface area contributed by atoms with Gasteiger partial charge in [0.1, 0.15) is 0 Å². The molecule has 1 aromatic carbocycles. The van der Waals surface area contributed by atoms with Crippen LogP contribution >= 0.6 is 23.4 Å². The Bertz CT molecular complexity index is 352. The van der Waals surface area contributed by atoms with Gasteiger partial charge in [-0.1, -0.05) is 17.7 Å². The van der Waals surface area contributed by atoms with Crippen molar-refractivity contribution in [2.45, 2.75) is 23.1 Å². The standard InChI is InChI=1S/C11H14ClNOS/c1-7(13)8-2-3-11(10(12)4-8)15-9-5-14-6-9/h2-4,7,9H,5-6,13H2,1H3. The molecule has 15 heavy (non-hydrogen) atoms. The second-order valence-electron chi connectivity index (χ2n) is 3.76. The van der Waals surface area contributed by atoms with Crippen LogP contribution in [0.1, 0.15) is 18.5 Å². The minimum atomic E-state index is 0.0357. The smallest absolute Gasteiger partial charge is 0.0611 e. The molecule has 1 aliphatic heterocycles. The van der Waals surface area contributed by atoms with Crippen LogP contribution in [0.3, 0.4) is 0 Å². The quantitative estimate of drug-likeness (QED) is 0.887. The highest BCUT2D eigenvalue weighted by Crippen LogP contribution is 2.34. The zero-order chi connectivity index (χ0) is 10.8. The Morgan fingerprint density at radius 3 is 2.73 bits per heavy atom. The molecule has 0 spiro atoms. The maximum atomic E-state index is 6.18. The number of ether oxygens (including phenoxy) is 1. The summed E-state index contributed by atoms with van der Waals surface area (Å²) in [5.74, 6) is 0. The first-order chi connectivity index (χ1) is 7.16. The van der Waals surface area contributed by atoms with Gasteiger partial charge in [-0.15, -0.1) is 11.8 Å². The maximum absolute atomic E-state index is 6.18. The lowest BCUT2D eigenvalue weighted by atomic mass is 10.1. The molecule has 2 rings (SSSR count). The SMILES string of the molecule is CC(N)c1ccc(SC2COC2)c(Cl)c1. The van der Waals surface area contributed by atoms with E-state index in [1.165, 1.54) is 0 Å². The molecule has 4 heteroatoms. The van der Waals surface area contributed by atoms with E-state index in [1.54, 1.807) is 11.8 Å². The van der Waals surface area contributed by atoms with E-state index in [2.05, 4.69) is 0 Å². The highest BCUT2D eigenvalue weighted by molar-refractivity contribution is 8.00. The van der Waals surface area contributed by atoms with Gasteiger partial charge in [-0.2, -0.15) is 0 Å². The molecule has 0 aromatic heterocycles. The average Bonchev–Trinajstić information content (AvgIpc) is 2.12. The van der Waals surface area contributed by atoms with Gasteiger partial charge in [0.25, 0.3) is 0 Å². The molecular formula is C11H14ClNOS. The monoisotopic (exact) mass is 243 g/mol. The second-order valence-corrected chi connectivity index (χ2v) is 5.51. The van der Waals surface area contributed by atoms with Gasteiger partial charge in [0.15, 0.2) is 0 Å². The number of hydrogen-bond acceptors (Lipinski definition) is 3. The molecule has 1 atom stereocenters.